The highest BCUT2D eigenvalue weighted by atomic mass is 16.6. The van der Waals surface area contributed by atoms with Crippen LogP contribution in [0.4, 0.5) is 4.79 Å². The second kappa shape index (κ2) is 5.86. The summed E-state index contributed by atoms with van der Waals surface area (Å²) in [6.45, 7) is 8.50. The molecule has 1 amide bonds. The highest BCUT2D eigenvalue weighted by molar-refractivity contribution is 5.68. The van der Waals surface area contributed by atoms with Crippen LogP contribution in [0.5, 0.6) is 0 Å². The van der Waals surface area contributed by atoms with Crippen LogP contribution in [0, 0.1) is 0 Å². The highest BCUT2D eigenvalue weighted by Crippen LogP contribution is 2.11. The Morgan fingerprint density at radius 2 is 1.88 bits per heavy atom. The van der Waals surface area contributed by atoms with Crippen molar-refractivity contribution in [2.75, 3.05) is 33.2 Å². The molecule has 0 unspecified atom stereocenters. The number of ether oxygens (including phenoxy) is 1. The first-order chi connectivity index (χ1) is 7.92. The van der Waals surface area contributed by atoms with E-state index in [4.69, 9.17) is 4.74 Å². The summed E-state index contributed by atoms with van der Waals surface area (Å²) in [4.78, 5) is 17.4. The van der Waals surface area contributed by atoms with Gasteiger partial charge in [-0.3, -0.25) is 4.99 Å². The fraction of sp³-hybridized carbons (Fsp3) is 0.818. The minimum atomic E-state index is -0.429. The van der Waals surface area contributed by atoms with Gasteiger partial charge in [0.25, 0.3) is 0 Å². The lowest BCUT2D eigenvalue weighted by molar-refractivity contribution is 0.0123. The number of rotatable bonds is 2. The van der Waals surface area contributed by atoms with Gasteiger partial charge in [-0.15, -0.1) is 0 Å². The number of hydrogen-bond acceptors (Lipinski definition) is 4. The van der Waals surface area contributed by atoms with E-state index >= 15 is 0 Å². The summed E-state index contributed by atoms with van der Waals surface area (Å²) in [5.41, 5.74) is 2.61. The van der Waals surface area contributed by atoms with Gasteiger partial charge in [-0.1, -0.05) is 0 Å². The molecule has 0 aromatic carbocycles. The number of amides is 1. The molecular weight excluding hydrogens is 220 g/mol. The van der Waals surface area contributed by atoms with Crippen molar-refractivity contribution in [3.05, 3.63) is 0 Å². The Morgan fingerprint density at radius 3 is 2.35 bits per heavy atom. The van der Waals surface area contributed by atoms with Crippen LogP contribution in [0.15, 0.2) is 4.99 Å². The molecule has 1 aliphatic rings. The number of piperazine rings is 1. The van der Waals surface area contributed by atoms with Gasteiger partial charge in [0.2, 0.25) is 0 Å². The summed E-state index contributed by atoms with van der Waals surface area (Å²) < 4.78 is 5.32. The topological polar surface area (TPSA) is 57.2 Å². The molecule has 1 aliphatic heterocycles. The molecular formula is C11H22N4O2. The number of hydrazine groups is 1. The van der Waals surface area contributed by atoms with Crippen molar-refractivity contribution >= 4 is 12.4 Å². The lowest BCUT2D eigenvalue weighted by Gasteiger charge is -2.35. The number of nitrogens with zero attached hydrogens (tertiary/aromatic N) is 3. The van der Waals surface area contributed by atoms with Crippen molar-refractivity contribution in [1.29, 1.82) is 0 Å². The van der Waals surface area contributed by atoms with Gasteiger partial charge in [0.05, 0.1) is 6.34 Å². The predicted molar refractivity (Wildman–Crippen MR) is 66.9 cm³/mol. The van der Waals surface area contributed by atoms with E-state index in [9.17, 15) is 4.79 Å². The van der Waals surface area contributed by atoms with Crippen molar-refractivity contribution in [2.24, 2.45) is 4.99 Å². The van der Waals surface area contributed by atoms with Gasteiger partial charge in [0, 0.05) is 33.2 Å². The van der Waals surface area contributed by atoms with Crippen LogP contribution in [0.3, 0.4) is 0 Å². The van der Waals surface area contributed by atoms with E-state index < -0.39 is 5.60 Å². The van der Waals surface area contributed by atoms with Crippen molar-refractivity contribution in [1.82, 2.24) is 15.3 Å². The lowest BCUT2D eigenvalue weighted by Crippen LogP contribution is -2.53. The molecule has 0 bridgehead atoms. The molecule has 6 heteroatoms. The zero-order valence-electron chi connectivity index (χ0n) is 11.1. The van der Waals surface area contributed by atoms with Gasteiger partial charge in [-0.2, -0.15) is 0 Å². The SMILES string of the molecule is CN=CNN1CCN(C(=O)OC(C)(C)C)CC1. The molecule has 1 rings (SSSR count). The van der Waals surface area contributed by atoms with Crippen molar-refractivity contribution < 1.29 is 9.53 Å². The van der Waals surface area contributed by atoms with E-state index in [1.165, 1.54) is 0 Å². The Kier molecular flexibility index (Phi) is 4.74. The highest BCUT2D eigenvalue weighted by Gasteiger charge is 2.25. The maximum Gasteiger partial charge on any atom is 0.410 e. The van der Waals surface area contributed by atoms with E-state index in [1.807, 2.05) is 25.8 Å². The Labute approximate surface area is 103 Å². The summed E-state index contributed by atoms with van der Waals surface area (Å²) in [7, 11) is 1.71. The number of carbonyl (C=O) groups is 1. The standard InChI is InChI=1S/C11H22N4O2/c1-11(2,3)17-10(16)14-5-7-15(8-6-14)13-9-12-4/h9H,5-8H2,1-4H3,(H,12,13). The molecule has 17 heavy (non-hydrogen) atoms. The molecule has 1 fully saturated rings. The van der Waals surface area contributed by atoms with Gasteiger partial charge >= 0.3 is 6.09 Å². The molecule has 0 aromatic heterocycles. The Bertz CT molecular complexity index is 278. The smallest absolute Gasteiger partial charge is 0.410 e. The second-order valence-corrected chi connectivity index (χ2v) is 4.97. The van der Waals surface area contributed by atoms with Crippen molar-refractivity contribution in [2.45, 2.75) is 26.4 Å². The van der Waals surface area contributed by atoms with Gasteiger partial charge in [0.15, 0.2) is 0 Å². The number of aliphatic imine (C=N–C) groups is 1. The van der Waals surface area contributed by atoms with Gasteiger partial charge in [-0.25, -0.2) is 9.80 Å². The lowest BCUT2D eigenvalue weighted by atomic mass is 10.2. The molecule has 1 N–H and O–H groups in total. The predicted octanol–water partition coefficient (Wildman–Crippen LogP) is 0.702. The van der Waals surface area contributed by atoms with Gasteiger partial charge in [-0.05, 0) is 20.8 Å². The summed E-state index contributed by atoms with van der Waals surface area (Å²) >= 11 is 0. The molecule has 1 saturated heterocycles. The van der Waals surface area contributed by atoms with E-state index in [2.05, 4.69) is 10.4 Å². The maximum atomic E-state index is 11.8. The summed E-state index contributed by atoms with van der Waals surface area (Å²) in [6, 6.07) is 0. The molecule has 98 valence electrons. The zero-order valence-corrected chi connectivity index (χ0v) is 11.1. The molecule has 0 radical (unpaired) electrons. The van der Waals surface area contributed by atoms with Crippen molar-refractivity contribution in [3.63, 3.8) is 0 Å². The third-order valence-corrected chi connectivity index (χ3v) is 2.30. The molecule has 0 aromatic rings. The van der Waals surface area contributed by atoms with Crippen molar-refractivity contribution in [3.8, 4) is 0 Å². The zero-order chi connectivity index (χ0) is 12.9. The first-order valence-corrected chi connectivity index (χ1v) is 5.82. The normalized spacial score (nSPS) is 18.5. The average Bonchev–Trinajstić information content (AvgIpc) is 2.24. The second-order valence-electron chi connectivity index (χ2n) is 4.97. The summed E-state index contributed by atoms with van der Waals surface area (Å²) in [5, 5.41) is 2.02. The third-order valence-electron chi connectivity index (χ3n) is 2.30. The number of carbonyl (C=O) groups excluding carboxylic acids is 1. The fourth-order valence-electron chi connectivity index (χ4n) is 1.48. The molecule has 0 atom stereocenters. The van der Waals surface area contributed by atoms with E-state index in [0.717, 1.165) is 13.1 Å². The summed E-state index contributed by atoms with van der Waals surface area (Å²) in [6.07, 6.45) is 1.41. The van der Waals surface area contributed by atoms with Crippen LogP contribution in [0.2, 0.25) is 0 Å². The Hall–Kier alpha value is -1.30. The van der Waals surface area contributed by atoms with Crippen LogP contribution in [0.25, 0.3) is 0 Å². The Morgan fingerprint density at radius 1 is 1.29 bits per heavy atom. The van der Waals surface area contributed by atoms with Crippen LogP contribution < -0.4 is 5.43 Å². The largest absolute Gasteiger partial charge is 0.444 e. The molecule has 6 nitrogen and oxygen atoms in total. The third kappa shape index (κ3) is 5.04. The van der Waals surface area contributed by atoms with Crippen LogP contribution in [-0.2, 0) is 4.74 Å². The summed E-state index contributed by atoms with van der Waals surface area (Å²) in [5.74, 6) is 0. The van der Waals surface area contributed by atoms with E-state index in [1.54, 1.807) is 18.3 Å². The molecule has 0 spiro atoms. The maximum absolute atomic E-state index is 11.8. The van der Waals surface area contributed by atoms with Gasteiger partial charge < -0.3 is 15.1 Å². The Balaban J connectivity index is 2.34. The number of nitrogens with one attached hydrogen (secondary N) is 1. The molecule has 0 saturated carbocycles. The monoisotopic (exact) mass is 242 g/mol. The average molecular weight is 242 g/mol. The first kappa shape index (κ1) is 13.8. The molecule has 0 aliphatic carbocycles. The molecule has 1 heterocycles. The minimum absolute atomic E-state index is 0.235. The quantitative estimate of drug-likeness (QED) is 0.572. The van der Waals surface area contributed by atoms with Gasteiger partial charge in [0.1, 0.15) is 5.60 Å². The minimum Gasteiger partial charge on any atom is -0.444 e. The fourth-order valence-corrected chi connectivity index (χ4v) is 1.48. The number of hydrogen-bond donors (Lipinski definition) is 1. The van der Waals surface area contributed by atoms with E-state index in [0.29, 0.717) is 13.1 Å². The first-order valence-electron chi connectivity index (χ1n) is 5.82. The van der Waals surface area contributed by atoms with Crippen LogP contribution in [-0.4, -0.2) is 61.2 Å². The van der Waals surface area contributed by atoms with Crippen LogP contribution in [0.1, 0.15) is 20.8 Å². The van der Waals surface area contributed by atoms with Crippen LogP contribution >= 0.6 is 0 Å². The van der Waals surface area contributed by atoms with E-state index in [-0.39, 0.29) is 6.09 Å².